The summed E-state index contributed by atoms with van der Waals surface area (Å²) in [6.45, 7) is 9.60. The summed E-state index contributed by atoms with van der Waals surface area (Å²) in [5, 5.41) is 0. The van der Waals surface area contributed by atoms with Crippen molar-refractivity contribution >= 4 is 17.7 Å². The van der Waals surface area contributed by atoms with Gasteiger partial charge in [-0.25, -0.2) is 4.79 Å². The number of rotatable bonds is 1. The maximum absolute atomic E-state index is 12.7. The minimum Gasteiger partial charge on any atom is -0.444 e. The van der Waals surface area contributed by atoms with Crippen molar-refractivity contribution in [1.82, 2.24) is 9.80 Å². The first kappa shape index (κ1) is 18.1. The number of benzene rings is 1. The van der Waals surface area contributed by atoms with Crippen LogP contribution in [0.1, 0.15) is 43.1 Å². The number of ether oxygens (including phenoxy) is 1. The molecule has 2 rings (SSSR count). The molecule has 1 aromatic rings. The highest BCUT2D eigenvalue weighted by Gasteiger charge is 2.26. The van der Waals surface area contributed by atoms with Crippen LogP contribution in [0.4, 0.5) is 10.5 Å². The molecule has 0 aliphatic carbocycles. The molecule has 0 aromatic heterocycles. The Hall–Kier alpha value is -2.24. The van der Waals surface area contributed by atoms with E-state index in [9.17, 15) is 9.59 Å². The standard InChI is InChI=1S/C18H27N3O3/c1-13-6-7-15(19)14(12-13)16(22)20-8-5-9-21(11-10-20)17(23)24-18(2,3)4/h6-7,12H,5,8-11,19H2,1-4H3. The molecule has 1 fully saturated rings. The third-order valence-corrected chi connectivity index (χ3v) is 3.87. The van der Waals surface area contributed by atoms with Crippen LogP contribution in [0.25, 0.3) is 0 Å². The van der Waals surface area contributed by atoms with Crippen LogP contribution in [0.5, 0.6) is 0 Å². The molecule has 24 heavy (non-hydrogen) atoms. The number of carbonyl (C=O) groups is 2. The van der Waals surface area contributed by atoms with Gasteiger partial charge in [0.25, 0.3) is 5.91 Å². The first-order chi connectivity index (χ1) is 11.2. The molecular formula is C18H27N3O3. The van der Waals surface area contributed by atoms with E-state index >= 15 is 0 Å². The zero-order valence-electron chi connectivity index (χ0n) is 15.0. The van der Waals surface area contributed by atoms with Gasteiger partial charge in [-0.3, -0.25) is 4.79 Å². The smallest absolute Gasteiger partial charge is 0.410 e. The van der Waals surface area contributed by atoms with E-state index in [1.807, 2.05) is 39.8 Å². The third kappa shape index (κ3) is 4.63. The Kier molecular flexibility index (Phi) is 5.36. The zero-order valence-corrected chi connectivity index (χ0v) is 15.0. The van der Waals surface area contributed by atoms with E-state index in [1.165, 1.54) is 0 Å². The van der Waals surface area contributed by atoms with E-state index in [1.54, 1.807) is 15.9 Å². The average molecular weight is 333 g/mol. The molecule has 6 nitrogen and oxygen atoms in total. The summed E-state index contributed by atoms with van der Waals surface area (Å²) in [6, 6.07) is 5.46. The minimum atomic E-state index is -0.519. The molecule has 1 saturated heterocycles. The molecule has 0 bridgehead atoms. The maximum atomic E-state index is 12.7. The van der Waals surface area contributed by atoms with Crippen LogP contribution in [0.15, 0.2) is 18.2 Å². The fourth-order valence-corrected chi connectivity index (χ4v) is 2.66. The van der Waals surface area contributed by atoms with Gasteiger partial charge in [0.1, 0.15) is 5.60 Å². The fraction of sp³-hybridized carbons (Fsp3) is 0.556. The van der Waals surface area contributed by atoms with Crippen LogP contribution in [0.2, 0.25) is 0 Å². The van der Waals surface area contributed by atoms with Crippen LogP contribution in [0, 0.1) is 6.92 Å². The van der Waals surface area contributed by atoms with Gasteiger partial charge in [-0.05, 0) is 46.2 Å². The van der Waals surface area contributed by atoms with E-state index in [0.29, 0.717) is 37.4 Å². The Balaban J connectivity index is 2.04. The summed E-state index contributed by atoms with van der Waals surface area (Å²) >= 11 is 0. The first-order valence-electron chi connectivity index (χ1n) is 8.31. The van der Waals surface area contributed by atoms with Crippen molar-refractivity contribution < 1.29 is 14.3 Å². The van der Waals surface area contributed by atoms with Gasteiger partial charge < -0.3 is 20.3 Å². The van der Waals surface area contributed by atoms with Crippen LogP contribution >= 0.6 is 0 Å². The molecule has 0 atom stereocenters. The van der Waals surface area contributed by atoms with Crippen LogP contribution in [0.3, 0.4) is 0 Å². The lowest BCUT2D eigenvalue weighted by Gasteiger charge is -2.26. The van der Waals surface area contributed by atoms with E-state index in [-0.39, 0.29) is 12.0 Å². The second-order valence-electron chi connectivity index (χ2n) is 7.20. The van der Waals surface area contributed by atoms with Gasteiger partial charge in [-0.2, -0.15) is 0 Å². The van der Waals surface area contributed by atoms with Gasteiger partial charge in [-0.15, -0.1) is 0 Å². The highest BCUT2D eigenvalue weighted by Crippen LogP contribution is 2.18. The topological polar surface area (TPSA) is 75.9 Å². The molecule has 132 valence electrons. The molecule has 0 spiro atoms. The number of carbonyl (C=O) groups excluding carboxylic acids is 2. The highest BCUT2D eigenvalue weighted by molar-refractivity contribution is 5.99. The maximum Gasteiger partial charge on any atom is 0.410 e. The molecule has 0 radical (unpaired) electrons. The van der Waals surface area contributed by atoms with E-state index in [4.69, 9.17) is 10.5 Å². The zero-order chi connectivity index (χ0) is 17.9. The summed E-state index contributed by atoms with van der Waals surface area (Å²) in [5.74, 6) is -0.0813. The summed E-state index contributed by atoms with van der Waals surface area (Å²) in [4.78, 5) is 28.4. The lowest BCUT2D eigenvalue weighted by Crippen LogP contribution is -2.40. The summed E-state index contributed by atoms with van der Waals surface area (Å²) in [6.07, 6.45) is 0.392. The van der Waals surface area contributed by atoms with Crippen molar-refractivity contribution in [2.45, 2.75) is 39.7 Å². The van der Waals surface area contributed by atoms with Crippen molar-refractivity contribution in [2.75, 3.05) is 31.9 Å². The molecule has 1 heterocycles. The summed E-state index contributed by atoms with van der Waals surface area (Å²) in [5.41, 5.74) is 7.44. The van der Waals surface area contributed by atoms with E-state index in [2.05, 4.69) is 0 Å². The Morgan fingerprint density at radius 2 is 1.71 bits per heavy atom. The number of nitrogen functional groups attached to an aromatic ring is 1. The van der Waals surface area contributed by atoms with Gasteiger partial charge in [0.05, 0.1) is 5.56 Å². The molecule has 6 heteroatoms. The lowest BCUT2D eigenvalue weighted by molar-refractivity contribution is 0.0255. The Morgan fingerprint density at radius 1 is 1.08 bits per heavy atom. The molecule has 1 aliphatic heterocycles. The number of nitrogens with zero attached hydrogens (tertiary/aromatic N) is 2. The quantitative estimate of drug-likeness (QED) is 0.802. The molecule has 0 unspecified atom stereocenters. The van der Waals surface area contributed by atoms with Crippen molar-refractivity contribution in [3.8, 4) is 0 Å². The third-order valence-electron chi connectivity index (χ3n) is 3.87. The Labute approximate surface area is 143 Å². The van der Waals surface area contributed by atoms with Gasteiger partial charge in [-0.1, -0.05) is 11.6 Å². The molecular weight excluding hydrogens is 306 g/mol. The largest absolute Gasteiger partial charge is 0.444 e. The minimum absolute atomic E-state index is 0.0813. The number of hydrogen-bond acceptors (Lipinski definition) is 4. The summed E-state index contributed by atoms with van der Waals surface area (Å²) < 4.78 is 5.41. The van der Waals surface area contributed by atoms with Gasteiger partial charge >= 0.3 is 6.09 Å². The highest BCUT2D eigenvalue weighted by atomic mass is 16.6. The van der Waals surface area contributed by atoms with Crippen LogP contribution in [-0.2, 0) is 4.74 Å². The average Bonchev–Trinajstić information content (AvgIpc) is 2.73. The SMILES string of the molecule is Cc1ccc(N)c(C(=O)N2CCCN(C(=O)OC(C)(C)C)CC2)c1. The monoisotopic (exact) mass is 333 g/mol. The van der Waals surface area contributed by atoms with Crippen molar-refractivity contribution in [1.29, 1.82) is 0 Å². The van der Waals surface area contributed by atoms with Crippen molar-refractivity contribution in [3.63, 3.8) is 0 Å². The second-order valence-corrected chi connectivity index (χ2v) is 7.20. The van der Waals surface area contributed by atoms with Crippen LogP contribution < -0.4 is 5.73 Å². The molecule has 0 saturated carbocycles. The number of nitrogens with two attached hydrogens (primary N) is 1. The molecule has 1 aromatic carbocycles. The molecule has 1 aliphatic rings. The van der Waals surface area contributed by atoms with E-state index < -0.39 is 5.60 Å². The van der Waals surface area contributed by atoms with Gasteiger partial charge in [0.2, 0.25) is 0 Å². The number of anilines is 1. The lowest BCUT2D eigenvalue weighted by atomic mass is 10.1. The normalized spacial score (nSPS) is 15.8. The predicted octanol–water partition coefficient (Wildman–Crippen LogP) is 2.66. The summed E-state index contributed by atoms with van der Waals surface area (Å²) in [7, 11) is 0. The molecule has 2 N–H and O–H groups in total. The van der Waals surface area contributed by atoms with Gasteiger partial charge in [0.15, 0.2) is 0 Å². The molecule has 2 amide bonds. The van der Waals surface area contributed by atoms with Crippen molar-refractivity contribution in [2.24, 2.45) is 0 Å². The Morgan fingerprint density at radius 3 is 2.38 bits per heavy atom. The second kappa shape index (κ2) is 7.11. The van der Waals surface area contributed by atoms with Gasteiger partial charge in [0, 0.05) is 31.9 Å². The van der Waals surface area contributed by atoms with Crippen molar-refractivity contribution in [3.05, 3.63) is 29.3 Å². The number of hydrogen-bond donors (Lipinski definition) is 1. The van der Waals surface area contributed by atoms with E-state index in [0.717, 1.165) is 12.0 Å². The number of amides is 2. The fourth-order valence-electron chi connectivity index (χ4n) is 2.66. The number of aryl methyl sites for hydroxylation is 1. The Bertz CT molecular complexity index is 622. The first-order valence-corrected chi connectivity index (χ1v) is 8.31. The predicted molar refractivity (Wildman–Crippen MR) is 93.9 cm³/mol. The van der Waals surface area contributed by atoms with Crippen LogP contribution in [-0.4, -0.2) is 53.6 Å².